The average molecular weight is 216 g/mol. The fourth-order valence-electron chi connectivity index (χ4n) is 1.71. The van der Waals surface area contributed by atoms with Gasteiger partial charge in [-0.3, -0.25) is 0 Å². The van der Waals surface area contributed by atoms with Crippen molar-refractivity contribution < 1.29 is 8.42 Å². The summed E-state index contributed by atoms with van der Waals surface area (Å²) in [6, 6.07) is 2.25. The monoisotopic (exact) mass is 216 g/mol. The predicted molar refractivity (Wildman–Crippen MR) is 54.5 cm³/mol. The molecule has 80 valence electrons. The standard InChI is InChI=1S/C9H16N2O2S/c1-11(6-3-2-5-10)9-4-7-14(12,13)8-9/h9H,2-4,6-8H2,1H3. The lowest BCUT2D eigenvalue weighted by molar-refractivity contribution is 0.260. The van der Waals surface area contributed by atoms with Crippen LogP contribution < -0.4 is 0 Å². The second-order valence-electron chi connectivity index (χ2n) is 3.80. The molecule has 1 rings (SSSR count). The van der Waals surface area contributed by atoms with Crippen molar-refractivity contribution in [1.29, 1.82) is 5.26 Å². The van der Waals surface area contributed by atoms with Crippen LogP contribution in [0.3, 0.4) is 0 Å². The van der Waals surface area contributed by atoms with Crippen molar-refractivity contribution in [3.05, 3.63) is 0 Å². The molecule has 0 aromatic heterocycles. The lowest BCUT2D eigenvalue weighted by Crippen LogP contribution is -2.33. The first-order valence-electron chi connectivity index (χ1n) is 4.83. The van der Waals surface area contributed by atoms with Crippen LogP contribution in [0.4, 0.5) is 0 Å². The SMILES string of the molecule is CN(CCCC#N)C1CCS(=O)(=O)C1. The maximum absolute atomic E-state index is 11.2. The quantitative estimate of drug-likeness (QED) is 0.639. The Morgan fingerprint density at radius 2 is 2.29 bits per heavy atom. The Hall–Kier alpha value is -0.600. The zero-order valence-corrected chi connectivity index (χ0v) is 9.26. The van der Waals surface area contributed by atoms with Crippen LogP contribution in [0.1, 0.15) is 19.3 Å². The Morgan fingerprint density at radius 3 is 2.79 bits per heavy atom. The molecule has 1 heterocycles. The second-order valence-corrected chi connectivity index (χ2v) is 6.03. The fraction of sp³-hybridized carbons (Fsp3) is 0.889. The smallest absolute Gasteiger partial charge is 0.151 e. The maximum atomic E-state index is 11.2. The minimum Gasteiger partial charge on any atom is -0.302 e. The minimum absolute atomic E-state index is 0.165. The Morgan fingerprint density at radius 1 is 1.57 bits per heavy atom. The number of hydrogen-bond donors (Lipinski definition) is 0. The van der Waals surface area contributed by atoms with Gasteiger partial charge in [-0.1, -0.05) is 0 Å². The number of nitrogens with zero attached hydrogens (tertiary/aromatic N) is 2. The van der Waals surface area contributed by atoms with Crippen LogP contribution in [0.15, 0.2) is 0 Å². The molecule has 0 aromatic rings. The molecule has 0 amide bonds. The number of hydrogen-bond acceptors (Lipinski definition) is 4. The van der Waals surface area contributed by atoms with Crippen molar-refractivity contribution in [2.75, 3.05) is 25.1 Å². The molecule has 5 heteroatoms. The maximum Gasteiger partial charge on any atom is 0.151 e. The topological polar surface area (TPSA) is 61.2 Å². The minimum atomic E-state index is -2.78. The van der Waals surface area contributed by atoms with Crippen molar-refractivity contribution in [3.63, 3.8) is 0 Å². The molecule has 1 atom stereocenters. The van der Waals surface area contributed by atoms with Crippen LogP contribution in [0.25, 0.3) is 0 Å². The van der Waals surface area contributed by atoms with E-state index in [-0.39, 0.29) is 11.8 Å². The first kappa shape index (κ1) is 11.5. The van der Waals surface area contributed by atoms with Crippen LogP contribution in [-0.4, -0.2) is 44.5 Å². The molecule has 1 saturated heterocycles. The summed E-state index contributed by atoms with van der Waals surface area (Å²) < 4.78 is 22.4. The van der Waals surface area contributed by atoms with Crippen molar-refractivity contribution in [1.82, 2.24) is 4.90 Å². The Kier molecular flexibility index (Phi) is 3.90. The lowest BCUT2D eigenvalue weighted by Gasteiger charge is -2.22. The summed E-state index contributed by atoms with van der Waals surface area (Å²) in [4.78, 5) is 2.06. The van der Waals surface area contributed by atoms with E-state index < -0.39 is 9.84 Å². The van der Waals surface area contributed by atoms with Gasteiger partial charge in [0.15, 0.2) is 9.84 Å². The second kappa shape index (κ2) is 4.76. The normalized spacial score (nSPS) is 25.1. The fourth-order valence-corrected chi connectivity index (χ4v) is 3.52. The molecule has 0 aliphatic carbocycles. The van der Waals surface area contributed by atoms with Gasteiger partial charge in [0.2, 0.25) is 0 Å². The zero-order valence-electron chi connectivity index (χ0n) is 8.44. The van der Waals surface area contributed by atoms with Crippen molar-refractivity contribution in [2.24, 2.45) is 0 Å². The third kappa shape index (κ3) is 3.28. The number of rotatable bonds is 4. The largest absolute Gasteiger partial charge is 0.302 e. The van der Waals surface area contributed by atoms with E-state index in [0.717, 1.165) is 19.4 Å². The van der Waals surface area contributed by atoms with Crippen molar-refractivity contribution in [3.8, 4) is 6.07 Å². The number of unbranched alkanes of at least 4 members (excludes halogenated alkanes) is 1. The molecule has 0 spiro atoms. The van der Waals surface area contributed by atoms with E-state index in [4.69, 9.17) is 5.26 Å². The van der Waals surface area contributed by atoms with Gasteiger partial charge in [-0.2, -0.15) is 5.26 Å². The van der Waals surface area contributed by atoms with E-state index in [0.29, 0.717) is 12.2 Å². The molecule has 4 nitrogen and oxygen atoms in total. The number of sulfone groups is 1. The summed E-state index contributed by atoms with van der Waals surface area (Å²) in [5.74, 6) is 0.607. The van der Waals surface area contributed by atoms with E-state index in [1.165, 1.54) is 0 Å². The molecular weight excluding hydrogens is 200 g/mol. The lowest BCUT2D eigenvalue weighted by atomic mass is 10.2. The van der Waals surface area contributed by atoms with Gasteiger partial charge in [0.25, 0.3) is 0 Å². The van der Waals surface area contributed by atoms with Gasteiger partial charge in [0.05, 0.1) is 17.6 Å². The van der Waals surface area contributed by atoms with Gasteiger partial charge < -0.3 is 4.90 Å². The molecule has 14 heavy (non-hydrogen) atoms. The van der Waals surface area contributed by atoms with Gasteiger partial charge in [0, 0.05) is 12.5 Å². The molecule has 0 radical (unpaired) electrons. The highest BCUT2D eigenvalue weighted by Crippen LogP contribution is 2.16. The van der Waals surface area contributed by atoms with Crippen LogP contribution in [0.5, 0.6) is 0 Å². The van der Waals surface area contributed by atoms with Gasteiger partial charge >= 0.3 is 0 Å². The van der Waals surface area contributed by atoms with Gasteiger partial charge in [-0.15, -0.1) is 0 Å². The summed E-state index contributed by atoms with van der Waals surface area (Å²) >= 11 is 0. The van der Waals surface area contributed by atoms with E-state index in [1.54, 1.807) is 0 Å². The van der Waals surface area contributed by atoms with Crippen LogP contribution in [0, 0.1) is 11.3 Å². The highest BCUT2D eigenvalue weighted by molar-refractivity contribution is 7.91. The Balaban J connectivity index is 2.33. The van der Waals surface area contributed by atoms with E-state index >= 15 is 0 Å². The highest BCUT2D eigenvalue weighted by atomic mass is 32.2. The van der Waals surface area contributed by atoms with Gasteiger partial charge in [-0.05, 0) is 26.4 Å². The van der Waals surface area contributed by atoms with Crippen molar-refractivity contribution >= 4 is 9.84 Å². The first-order chi connectivity index (χ1) is 6.55. The van der Waals surface area contributed by atoms with Crippen molar-refractivity contribution in [2.45, 2.75) is 25.3 Å². The molecule has 1 aliphatic rings. The van der Waals surface area contributed by atoms with Crippen LogP contribution >= 0.6 is 0 Å². The summed E-state index contributed by atoms with van der Waals surface area (Å²) in [6.07, 6.45) is 2.11. The molecule has 0 saturated carbocycles. The molecule has 0 bridgehead atoms. The summed E-state index contributed by atoms with van der Waals surface area (Å²) in [5.41, 5.74) is 0. The Labute approximate surface area is 85.4 Å². The average Bonchev–Trinajstić information content (AvgIpc) is 2.46. The van der Waals surface area contributed by atoms with E-state index in [2.05, 4.69) is 11.0 Å². The predicted octanol–water partition coefficient (Wildman–Crippen LogP) is 0.409. The molecule has 0 aromatic carbocycles. The number of nitriles is 1. The van der Waals surface area contributed by atoms with Gasteiger partial charge in [-0.25, -0.2) is 8.42 Å². The summed E-state index contributed by atoms with van der Waals surface area (Å²) in [7, 11) is -0.844. The third-order valence-corrected chi connectivity index (χ3v) is 4.38. The van der Waals surface area contributed by atoms with Crippen LogP contribution in [0.2, 0.25) is 0 Å². The molecule has 1 unspecified atom stereocenters. The van der Waals surface area contributed by atoms with E-state index in [9.17, 15) is 8.42 Å². The summed E-state index contributed by atoms with van der Waals surface area (Å²) in [6.45, 7) is 0.813. The molecule has 1 fully saturated rings. The summed E-state index contributed by atoms with van der Waals surface area (Å²) in [5, 5.41) is 8.36. The third-order valence-electron chi connectivity index (χ3n) is 2.63. The molecular formula is C9H16N2O2S. The highest BCUT2D eigenvalue weighted by Gasteiger charge is 2.30. The molecule has 0 N–H and O–H groups in total. The zero-order chi connectivity index (χ0) is 10.6. The van der Waals surface area contributed by atoms with Gasteiger partial charge in [0.1, 0.15) is 0 Å². The van der Waals surface area contributed by atoms with E-state index in [1.807, 2.05) is 7.05 Å². The Bertz CT molecular complexity index is 318. The molecule has 1 aliphatic heterocycles. The van der Waals surface area contributed by atoms with Crippen LogP contribution in [-0.2, 0) is 9.84 Å². The first-order valence-corrected chi connectivity index (χ1v) is 6.65.